The SMILES string of the molecule is CSc1cccc(Nc2ccc([N+](=O)[O-])cn2)c1. The Morgan fingerprint density at radius 2 is 2.17 bits per heavy atom. The predicted octanol–water partition coefficient (Wildman–Crippen LogP) is 3.46. The average Bonchev–Trinajstić information content (AvgIpc) is 2.39. The van der Waals surface area contributed by atoms with Crippen LogP contribution < -0.4 is 5.32 Å². The van der Waals surface area contributed by atoms with Gasteiger partial charge in [0.1, 0.15) is 12.0 Å². The lowest BCUT2D eigenvalue weighted by Gasteiger charge is -2.06. The maximum Gasteiger partial charge on any atom is 0.287 e. The van der Waals surface area contributed by atoms with Crippen LogP contribution >= 0.6 is 11.8 Å². The number of rotatable bonds is 4. The smallest absolute Gasteiger partial charge is 0.287 e. The molecule has 1 N–H and O–H groups in total. The molecule has 2 rings (SSSR count). The summed E-state index contributed by atoms with van der Waals surface area (Å²) < 4.78 is 0. The van der Waals surface area contributed by atoms with Crippen molar-refractivity contribution in [3.05, 3.63) is 52.7 Å². The van der Waals surface area contributed by atoms with Gasteiger partial charge in [-0.1, -0.05) is 6.07 Å². The predicted molar refractivity (Wildman–Crippen MR) is 72.4 cm³/mol. The van der Waals surface area contributed by atoms with E-state index < -0.39 is 4.92 Å². The van der Waals surface area contributed by atoms with Gasteiger partial charge in [-0.3, -0.25) is 10.1 Å². The van der Waals surface area contributed by atoms with Crippen LogP contribution in [0.2, 0.25) is 0 Å². The Hall–Kier alpha value is -2.08. The van der Waals surface area contributed by atoms with Gasteiger partial charge in [0.2, 0.25) is 0 Å². The minimum atomic E-state index is -0.467. The van der Waals surface area contributed by atoms with Crippen LogP contribution in [0.4, 0.5) is 17.2 Å². The Balaban J connectivity index is 2.15. The van der Waals surface area contributed by atoms with E-state index in [0.717, 1.165) is 10.6 Å². The average molecular weight is 261 g/mol. The van der Waals surface area contributed by atoms with Crippen LogP contribution in [0.1, 0.15) is 0 Å². The molecule has 0 spiro atoms. The summed E-state index contributed by atoms with van der Waals surface area (Å²) in [6, 6.07) is 10.9. The molecule has 6 heteroatoms. The molecular weight excluding hydrogens is 250 g/mol. The van der Waals surface area contributed by atoms with Gasteiger partial charge in [0.25, 0.3) is 5.69 Å². The summed E-state index contributed by atoms with van der Waals surface area (Å²) >= 11 is 1.65. The Morgan fingerprint density at radius 1 is 1.33 bits per heavy atom. The van der Waals surface area contributed by atoms with Gasteiger partial charge in [0.15, 0.2) is 0 Å². The van der Waals surface area contributed by atoms with Crippen molar-refractivity contribution in [1.82, 2.24) is 4.98 Å². The van der Waals surface area contributed by atoms with Crippen molar-refractivity contribution in [2.45, 2.75) is 4.90 Å². The van der Waals surface area contributed by atoms with Crippen molar-refractivity contribution >= 4 is 29.0 Å². The summed E-state index contributed by atoms with van der Waals surface area (Å²) in [4.78, 5) is 15.2. The number of hydrogen-bond donors (Lipinski definition) is 1. The third-order valence-electron chi connectivity index (χ3n) is 2.30. The molecule has 1 heterocycles. The fraction of sp³-hybridized carbons (Fsp3) is 0.0833. The molecule has 0 bridgehead atoms. The van der Waals surface area contributed by atoms with E-state index in [1.165, 1.54) is 12.3 Å². The van der Waals surface area contributed by atoms with Crippen molar-refractivity contribution in [2.24, 2.45) is 0 Å². The zero-order chi connectivity index (χ0) is 13.0. The van der Waals surface area contributed by atoms with Gasteiger partial charge < -0.3 is 5.32 Å². The lowest BCUT2D eigenvalue weighted by Crippen LogP contribution is -1.95. The lowest BCUT2D eigenvalue weighted by molar-refractivity contribution is -0.385. The van der Waals surface area contributed by atoms with Crippen LogP contribution in [0.3, 0.4) is 0 Å². The zero-order valence-electron chi connectivity index (χ0n) is 9.66. The Bertz CT molecular complexity index is 558. The van der Waals surface area contributed by atoms with Crippen LogP contribution in [0.25, 0.3) is 0 Å². The van der Waals surface area contributed by atoms with Crippen molar-refractivity contribution in [3.8, 4) is 0 Å². The number of aromatic nitrogens is 1. The number of nitrogens with one attached hydrogen (secondary N) is 1. The van der Waals surface area contributed by atoms with Gasteiger partial charge >= 0.3 is 0 Å². The summed E-state index contributed by atoms with van der Waals surface area (Å²) in [5, 5.41) is 13.6. The number of benzene rings is 1. The topological polar surface area (TPSA) is 68.1 Å². The number of hydrogen-bond acceptors (Lipinski definition) is 5. The van der Waals surface area contributed by atoms with Gasteiger partial charge in [-0.05, 0) is 30.5 Å². The molecule has 0 atom stereocenters. The third kappa shape index (κ3) is 2.98. The minimum absolute atomic E-state index is 0.0154. The van der Waals surface area contributed by atoms with E-state index in [1.807, 2.05) is 30.5 Å². The van der Waals surface area contributed by atoms with Crippen LogP contribution in [-0.2, 0) is 0 Å². The maximum atomic E-state index is 10.5. The highest BCUT2D eigenvalue weighted by molar-refractivity contribution is 7.98. The monoisotopic (exact) mass is 261 g/mol. The van der Waals surface area contributed by atoms with Gasteiger partial charge in [0.05, 0.1) is 4.92 Å². The van der Waals surface area contributed by atoms with Gasteiger partial charge in [-0.25, -0.2) is 4.98 Å². The maximum absolute atomic E-state index is 10.5. The molecule has 0 amide bonds. The first kappa shape index (κ1) is 12.4. The highest BCUT2D eigenvalue weighted by Crippen LogP contribution is 2.22. The van der Waals surface area contributed by atoms with Crippen molar-refractivity contribution in [2.75, 3.05) is 11.6 Å². The van der Waals surface area contributed by atoms with E-state index in [9.17, 15) is 10.1 Å². The lowest BCUT2D eigenvalue weighted by atomic mass is 10.3. The summed E-state index contributed by atoms with van der Waals surface area (Å²) in [5.74, 6) is 0.582. The highest BCUT2D eigenvalue weighted by Gasteiger charge is 2.05. The molecule has 0 fully saturated rings. The molecule has 0 aliphatic heterocycles. The molecular formula is C12H11N3O2S. The van der Waals surface area contributed by atoms with E-state index in [0.29, 0.717) is 5.82 Å². The normalized spacial score (nSPS) is 10.1. The highest BCUT2D eigenvalue weighted by atomic mass is 32.2. The molecule has 1 aromatic carbocycles. The number of pyridine rings is 1. The zero-order valence-corrected chi connectivity index (χ0v) is 10.5. The summed E-state index contributed by atoms with van der Waals surface area (Å²) in [6.45, 7) is 0. The quantitative estimate of drug-likeness (QED) is 0.518. The van der Waals surface area contributed by atoms with Crippen LogP contribution in [0, 0.1) is 10.1 Å². The number of anilines is 2. The number of nitrogens with zero attached hydrogens (tertiary/aromatic N) is 2. The second-order valence-electron chi connectivity index (χ2n) is 3.52. The molecule has 5 nitrogen and oxygen atoms in total. The van der Waals surface area contributed by atoms with Crippen LogP contribution in [0.15, 0.2) is 47.5 Å². The standard InChI is InChI=1S/C12H11N3O2S/c1-18-11-4-2-3-9(7-11)14-12-6-5-10(8-13-12)15(16)17/h2-8H,1H3,(H,13,14). The molecule has 0 saturated heterocycles. The minimum Gasteiger partial charge on any atom is -0.340 e. The Morgan fingerprint density at radius 3 is 2.78 bits per heavy atom. The van der Waals surface area contributed by atoms with Gasteiger partial charge in [-0.15, -0.1) is 11.8 Å². The first-order valence-corrected chi connectivity index (χ1v) is 6.43. The number of nitro groups is 1. The van der Waals surface area contributed by atoms with Crippen LogP contribution in [0.5, 0.6) is 0 Å². The molecule has 18 heavy (non-hydrogen) atoms. The molecule has 0 aliphatic carbocycles. The molecule has 92 valence electrons. The Labute approximate surface area is 108 Å². The molecule has 0 aliphatic rings. The molecule has 1 aromatic heterocycles. The van der Waals surface area contributed by atoms with E-state index in [-0.39, 0.29) is 5.69 Å². The van der Waals surface area contributed by atoms with Crippen LogP contribution in [-0.4, -0.2) is 16.2 Å². The first-order valence-electron chi connectivity index (χ1n) is 5.20. The Kier molecular flexibility index (Phi) is 3.78. The summed E-state index contributed by atoms with van der Waals surface area (Å²) in [5.41, 5.74) is 0.890. The van der Waals surface area contributed by atoms with Crippen molar-refractivity contribution in [3.63, 3.8) is 0 Å². The van der Waals surface area contributed by atoms with Crippen molar-refractivity contribution in [1.29, 1.82) is 0 Å². The fourth-order valence-corrected chi connectivity index (χ4v) is 1.88. The molecule has 0 unspecified atom stereocenters. The molecule has 0 saturated carbocycles. The van der Waals surface area contributed by atoms with E-state index in [1.54, 1.807) is 17.8 Å². The van der Waals surface area contributed by atoms with E-state index in [4.69, 9.17) is 0 Å². The largest absolute Gasteiger partial charge is 0.340 e. The molecule has 2 aromatic rings. The van der Waals surface area contributed by atoms with Gasteiger partial charge in [0, 0.05) is 16.6 Å². The van der Waals surface area contributed by atoms with Gasteiger partial charge in [-0.2, -0.15) is 0 Å². The van der Waals surface area contributed by atoms with E-state index in [2.05, 4.69) is 10.3 Å². The molecule has 0 radical (unpaired) electrons. The summed E-state index contributed by atoms with van der Waals surface area (Å²) in [6.07, 6.45) is 3.24. The van der Waals surface area contributed by atoms with E-state index >= 15 is 0 Å². The second-order valence-corrected chi connectivity index (χ2v) is 4.40. The van der Waals surface area contributed by atoms with Crippen molar-refractivity contribution < 1.29 is 4.92 Å². The number of thioether (sulfide) groups is 1. The fourth-order valence-electron chi connectivity index (χ4n) is 1.42. The second kappa shape index (κ2) is 5.50. The summed E-state index contributed by atoms with van der Waals surface area (Å²) in [7, 11) is 0. The first-order chi connectivity index (χ1) is 8.69. The third-order valence-corrected chi connectivity index (χ3v) is 3.03.